The molecule has 0 aliphatic carbocycles. The molecule has 2 aliphatic rings. The lowest BCUT2D eigenvalue weighted by Crippen LogP contribution is -2.49. The van der Waals surface area contributed by atoms with Crippen molar-refractivity contribution in [3.05, 3.63) is 65.4 Å². The van der Waals surface area contributed by atoms with E-state index in [2.05, 4.69) is 24.1 Å². The summed E-state index contributed by atoms with van der Waals surface area (Å²) in [6.07, 6.45) is 1.56. The molecule has 2 aliphatic heterocycles. The van der Waals surface area contributed by atoms with Gasteiger partial charge in [-0.25, -0.2) is 9.69 Å². The number of benzene rings is 2. The Morgan fingerprint density at radius 1 is 1.15 bits per heavy atom. The molecule has 1 saturated heterocycles. The van der Waals surface area contributed by atoms with Crippen molar-refractivity contribution in [1.82, 2.24) is 15.2 Å². The number of aromatic amines is 1. The number of rotatable bonds is 5. The maximum atomic E-state index is 13.8. The summed E-state index contributed by atoms with van der Waals surface area (Å²) in [5, 5.41) is 4.00. The average Bonchev–Trinajstić information content (AvgIpc) is 3.27. The van der Waals surface area contributed by atoms with Gasteiger partial charge in [-0.2, -0.15) is 0 Å². The van der Waals surface area contributed by atoms with Gasteiger partial charge < -0.3 is 15.2 Å². The van der Waals surface area contributed by atoms with Gasteiger partial charge >= 0.3 is 6.03 Å². The van der Waals surface area contributed by atoms with Crippen LogP contribution < -0.4 is 10.2 Å². The highest BCUT2D eigenvalue weighted by molar-refractivity contribution is 6.24. The zero-order chi connectivity index (χ0) is 23.3. The Morgan fingerprint density at radius 2 is 1.94 bits per heavy atom. The molecule has 3 heterocycles. The van der Waals surface area contributed by atoms with Gasteiger partial charge in [-0.15, -0.1) is 0 Å². The number of hydrogen-bond donors (Lipinski definition) is 2. The van der Waals surface area contributed by atoms with Crippen LogP contribution in [0.25, 0.3) is 10.9 Å². The van der Waals surface area contributed by atoms with Gasteiger partial charge in [0.05, 0.1) is 11.4 Å². The summed E-state index contributed by atoms with van der Waals surface area (Å²) in [5.74, 6) is -0.0278. The van der Waals surface area contributed by atoms with E-state index in [1.165, 1.54) is 4.90 Å². The fourth-order valence-electron chi connectivity index (χ4n) is 4.98. The summed E-state index contributed by atoms with van der Waals surface area (Å²) in [6, 6.07) is 14.3. The lowest BCUT2D eigenvalue weighted by Gasteiger charge is -2.35. The SMILES string of the molecule is CC(C)CCNC(=O)c1cccc(N2C(=O)N3CCc4c([nH]c5ccccc45)C3(C)C2=O)c1. The predicted octanol–water partition coefficient (Wildman–Crippen LogP) is 4.18. The molecule has 1 aromatic heterocycles. The first-order chi connectivity index (χ1) is 15.8. The number of urea groups is 1. The van der Waals surface area contributed by atoms with Crippen molar-refractivity contribution in [3.8, 4) is 0 Å². The van der Waals surface area contributed by atoms with Crippen molar-refractivity contribution in [2.45, 2.75) is 39.2 Å². The normalized spacial score (nSPS) is 19.9. The number of aromatic nitrogens is 1. The Morgan fingerprint density at radius 3 is 2.73 bits per heavy atom. The second-order valence-corrected chi connectivity index (χ2v) is 9.41. The Labute approximate surface area is 192 Å². The molecule has 1 unspecified atom stereocenters. The first-order valence-corrected chi connectivity index (χ1v) is 11.5. The topological polar surface area (TPSA) is 85.5 Å². The zero-order valence-electron chi connectivity index (χ0n) is 19.1. The maximum absolute atomic E-state index is 13.8. The van der Waals surface area contributed by atoms with Crippen LogP contribution in [-0.2, 0) is 16.8 Å². The van der Waals surface area contributed by atoms with E-state index in [9.17, 15) is 14.4 Å². The smallest absolute Gasteiger partial charge is 0.332 e. The third kappa shape index (κ3) is 3.22. The molecule has 0 radical (unpaired) electrons. The summed E-state index contributed by atoms with van der Waals surface area (Å²) in [5.41, 5.74) is 2.56. The van der Waals surface area contributed by atoms with Crippen LogP contribution >= 0.6 is 0 Å². The molecule has 4 amide bonds. The fourth-order valence-corrected chi connectivity index (χ4v) is 4.98. The van der Waals surface area contributed by atoms with Crippen molar-refractivity contribution in [1.29, 1.82) is 0 Å². The number of anilines is 1. The van der Waals surface area contributed by atoms with Crippen LogP contribution in [0.4, 0.5) is 10.5 Å². The van der Waals surface area contributed by atoms with E-state index in [0.717, 1.165) is 28.6 Å². The Kier molecular flexibility index (Phi) is 5.00. The van der Waals surface area contributed by atoms with E-state index in [1.807, 2.05) is 31.2 Å². The minimum Gasteiger partial charge on any atom is -0.356 e. The minimum atomic E-state index is -1.11. The summed E-state index contributed by atoms with van der Waals surface area (Å²) < 4.78 is 0. The number of para-hydroxylation sites is 1. The van der Waals surface area contributed by atoms with Crippen LogP contribution in [0.15, 0.2) is 48.5 Å². The third-order valence-electron chi connectivity index (χ3n) is 6.84. The Bertz CT molecular complexity index is 1280. The van der Waals surface area contributed by atoms with Gasteiger partial charge in [-0.3, -0.25) is 9.59 Å². The van der Waals surface area contributed by atoms with Crippen molar-refractivity contribution >= 4 is 34.4 Å². The highest BCUT2D eigenvalue weighted by atomic mass is 16.2. The van der Waals surface area contributed by atoms with E-state index in [1.54, 1.807) is 29.2 Å². The second-order valence-electron chi connectivity index (χ2n) is 9.41. The number of imide groups is 1. The number of nitrogens with zero attached hydrogens (tertiary/aromatic N) is 2. The van der Waals surface area contributed by atoms with Crippen LogP contribution in [-0.4, -0.2) is 40.8 Å². The third-order valence-corrected chi connectivity index (χ3v) is 6.84. The van der Waals surface area contributed by atoms with Gasteiger partial charge in [0, 0.05) is 29.6 Å². The maximum Gasteiger partial charge on any atom is 0.332 e. The van der Waals surface area contributed by atoms with Gasteiger partial charge in [0.15, 0.2) is 5.54 Å². The molecule has 0 spiro atoms. The highest BCUT2D eigenvalue weighted by Gasteiger charge is 2.59. The molecular formula is C26H28N4O3. The quantitative estimate of drug-likeness (QED) is 0.579. The number of H-pyrrole nitrogens is 1. The molecule has 33 heavy (non-hydrogen) atoms. The number of nitrogens with one attached hydrogen (secondary N) is 2. The van der Waals surface area contributed by atoms with Crippen LogP contribution in [0.3, 0.4) is 0 Å². The summed E-state index contributed by atoms with van der Waals surface area (Å²) in [6.45, 7) is 7.05. The molecule has 7 nitrogen and oxygen atoms in total. The van der Waals surface area contributed by atoms with Gasteiger partial charge in [0.2, 0.25) is 0 Å². The monoisotopic (exact) mass is 444 g/mol. The lowest BCUT2D eigenvalue weighted by atomic mass is 9.87. The molecule has 2 N–H and O–H groups in total. The molecule has 7 heteroatoms. The van der Waals surface area contributed by atoms with E-state index < -0.39 is 5.54 Å². The largest absolute Gasteiger partial charge is 0.356 e. The van der Waals surface area contributed by atoms with Gasteiger partial charge in [-0.05, 0) is 55.5 Å². The van der Waals surface area contributed by atoms with Gasteiger partial charge in [0.1, 0.15) is 0 Å². The van der Waals surface area contributed by atoms with Crippen molar-refractivity contribution in [2.75, 3.05) is 18.0 Å². The van der Waals surface area contributed by atoms with E-state index >= 15 is 0 Å². The number of hydrogen-bond acceptors (Lipinski definition) is 3. The van der Waals surface area contributed by atoms with Crippen LogP contribution in [0.5, 0.6) is 0 Å². The van der Waals surface area contributed by atoms with E-state index in [4.69, 9.17) is 0 Å². The van der Waals surface area contributed by atoms with Crippen LogP contribution in [0.1, 0.15) is 48.8 Å². The van der Waals surface area contributed by atoms with Crippen molar-refractivity contribution in [3.63, 3.8) is 0 Å². The van der Waals surface area contributed by atoms with Gasteiger partial charge in [-0.1, -0.05) is 38.1 Å². The number of fused-ring (bicyclic) bond motifs is 5. The first kappa shape index (κ1) is 21.2. The number of carbonyl (C=O) groups is 3. The lowest BCUT2D eigenvalue weighted by molar-refractivity contribution is -0.125. The standard InChI is InChI=1S/C26H28N4O3/c1-16(2)11-13-27-23(31)17-7-6-8-18(15-17)30-24(32)26(3)22-20(12-14-29(26)25(30)33)19-9-4-5-10-21(19)28-22/h4-10,15-16,28H,11-14H2,1-3H3,(H,27,31). The number of amides is 4. The average molecular weight is 445 g/mol. The molecule has 1 atom stereocenters. The van der Waals surface area contributed by atoms with E-state index in [0.29, 0.717) is 36.7 Å². The van der Waals surface area contributed by atoms with Crippen molar-refractivity contribution < 1.29 is 14.4 Å². The molecule has 2 aromatic carbocycles. The summed E-state index contributed by atoms with van der Waals surface area (Å²) in [7, 11) is 0. The zero-order valence-corrected chi connectivity index (χ0v) is 19.1. The Balaban J connectivity index is 1.49. The molecular weight excluding hydrogens is 416 g/mol. The highest BCUT2D eigenvalue weighted by Crippen LogP contribution is 2.45. The molecule has 170 valence electrons. The summed E-state index contributed by atoms with van der Waals surface area (Å²) in [4.78, 5) is 46.1. The predicted molar refractivity (Wildman–Crippen MR) is 127 cm³/mol. The molecule has 1 fully saturated rings. The second kappa shape index (κ2) is 7.76. The first-order valence-electron chi connectivity index (χ1n) is 11.5. The Hall–Kier alpha value is -3.61. The van der Waals surface area contributed by atoms with Crippen molar-refractivity contribution in [2.24, 2.45) is 5.92 Å². The minimum absolute atomic E-state index is 0.210. The molecule has 0 bridgehead atoms. The molecule has 3 aromatic rings. The van der Waals surface area contributed by atoms with Gasteiger partial charge in [0.25, 0.3) is 11.8 Å². The molecule has 0 saturated carbocycles. The van der Waals surface area contributed by atoms with E-state index in [-0.39, 0.29) is 17.8 Å². The summed E-state index contributed by atoms with van der Waals surface area (Å²) >= 11 is 0. The molecule has 5 rings (SSSR count). The van der Waals surface area contributed by atoms with Crippen LogP contribution in [0.2, 0.25) is 0 Å². The fraction of sp³-hybridized carbons (Fsp3) is 0.346. The number of carbonyl (C=O) groups excluding carboxylic acids is 3. The van der Waals surface area contributed by atoms with Crippen LogP contribution in [0, 0.1) is 5.92 Å².